The third-order valence-electron chi connectivity index (χ3n) is 4.50. The second kappa shape index (κ2) is 6.82. The van der Waals surface area contributed by atoms with Crippen LogP contribution in [0.1, 0.15) is 6.42 Å². The third kappa shape index (κ3) is 3.54. The van der Waals surface area contributed by atoms with E-state index in [4.69, 9.17) is 0 Å². The van der Waals surface area contributed by atoms with Gasteiger partial charge in [-0.3, -0.25) is 9.59 Å². The zero-order chi connectivity index (χ0) is 17.3. The molecule has 2 fully saturated rings. The quantitative estimate of drug-likeness (QED) is 0.722. The van der Waals surface area contributed by atoms with Crippen LogP contribution in [0.5, 0.6) is 0 Å². The van der Waals surface area contributed by atoms with Crippen LogP contribution in [0.2, 0.25) is 0 Å². The molecule has 130 valence electrons. The normalized spacial score (nSPS) is 26.9. The molecule has 0 saturated carbocycles. The minimum atomic E-state index is -0.770. The van der Waals surface area contributed by atoms with Crippen LogP contribution >= 0.6 is 0 Å². The molecule has 6 nitrogen and oxygen atoms in total. The summed E-state index contributed by atoms with van der Waals surface area (Å²) in [6.07, 6.45) is -0.502. The van der Waals surface area contributed by atoms with E-state index in [1.54, 1.807) is 0 Å². The average molecular weight is 339 g/mol. The van der Waals surface area contributed by atoms with Gasteiger partial charge in [0, 0.05) is 50.3 Å². The number of benzene rings is 1. The van der Waals surface area contributed by atoms with Gasteiger partial charge in [-0.15, -0.1) is 0 Å². The monoisotopic (exact) mass is 339 g/mol. The van der Waals surface area contributed by atoms with Gasteiger partial charge in [0.05, 0.1) is 12.0 Å². The molecule has 0 aliphatic carbocycles. The molecule has 0 radical (unpaired) electrons. The highest BCUT2D eigenvalue weighted by Gasteiger charge is 2.36. The van der Waals surface area contributed by atoms with Gasteiger partial charge in [0.15, 0.2) is 0 Å². The number of hydrogen-bond acceptors (Lipinski definition) is 4. The van der Waals surface area contributed by atoms with Crippen molar-refractivity contribution in [2.24, 2.45) is 11.8 Å². The maximum absolute atomic E-state index is 13.3. The molecule has 2 amide bonds. The SMILES string of the molecule is O=C(NCC1CNCC1O)C1CC(=O)N(c2cc(F)cc(F)c2)C1. The second-order valence-corrected chi connectivity index (χ2v) is 6.26. The van der Waals surface area contributed by atoms with Crippen molar-refractivity contribution in [3.05, 3.63) is 29.8 Å². The van der Waals surface area contributed by atoms with Crippen molar-refractivity contribution in [2.45, 2.75) is 12.5 Å². The Morgan fingerprint density at radius 2 is 2.00 bits per heavy atom. The maximum atomic E-state index is 13.3. The fraction of sp³-hybridized carbons (Fsp3) is 0.500. The first-order chi connectivity index (χ1) is 11.4. The van der Waals surface area contributed by atoms with Crippen molar-refractivity contribution >= 4 is 17.5 Å². The number of halogens is 2. The Balaban J connectivity index is 1.60. The van der Waals surface area contributed by atoms with Crippen molar-refractivity contribution in [3.8, 4) is 0 Å². The van der Waals surface area contributed by atoms with Gasteiger partial charge in [0.2, 0.25) is 11.8 Å². The summed E-state index contributed by atoms with van der Waals surface area (Å²) >= 11 is 0. The Bertz CT molecular complexity index is 635. The molecule has 1 aromatic rings. The second-order valence-electron chi connectivity index (χ2n) is 6.26. The van der Waals surface area contributed by atoms with Crippen molar-refractivity contribution in [3.63, 3.8) is 0 Å². The van der Waals surface area contributed by atoms with E-state index in [0.29, 0.717) is 19.6 Å². The summed E-state index contributed by atoms with van der Waals surface area (Å²) in [6.45, 7) is 1.53. The van der Waals surface area contributed by atoms with Crippen molar-refractivity contribution in [1.82, 2.24) is 10.6 Å². The number of carbonyl (C=O) groups excluding carboxylic acids is 2. The summed E-state index contributed by atoms with van der Waals surface area (Å²) in [4.78, 5) is 25.5. The van der Waals surface area contributed by atoms with E-state index in [2.05, 4.69) is 10.6 Å². The minimum Gasteiger partial charge on any atom is -0.391 e. The lowest BCUT2D eigenvalue weighted by molar-refractivity contribution is -0.126. The summed E-state index contributed by atoms with van der Waals surface area (Å²) < 4.78 is 26.6. The Morgan fingerprint density at radius 3 is 2.62 bits per heavy atom. The number of hydrogen-bond donors (Lipinski definition) is 3. The van der Waals surface area contributed by atoms with Crippen LogP contribution in [0.15, 0.2) is 18.2 Å². The number of β-amino-alcohol motifs (C(OH)–C–C–N with tert-alkyl or cyclic N) is 1. The first-order valence-corrected chi connectivity index (χ1v) is 7.87. The molecule has 0 aromatic heterocycles. The number of amides is 2. The van der Waals surface area contributed by atoms with Crippen molar-refractivity contribution in [2.75, 3.05) is 31.1 Å². The molecular formula is C16H19F2N3O3. The molecule has 3 unspecified atom stereocenters. The Labute approximate surface area is 137 Å². The maximum Gasteiger partial charge on any atom is 0.227 e. The molecule has 8 heteroatoms. The Kier molecular flexibility index (Phi) is 4.77. The van der Waals surface area contributed by atoms with E-state index < -0.39 is 23.7 Å². The fourth-order valence-corrected chi connectivity index (χ4v) is 3.13. The van der Waals surface area contributed by atoms with Crippen molar-refractivity contribution < 1.29 is 23.5 Å². The van der Waals surface area contributed by atoms with Crippen LogP contribution in [0.3, 0.4) is 0 Å². The molecule has 3 rings (SSSR count). The zero-order valence-electron chi connectivity index (χ0n) is 13.0. The average Bonchev–Trinajstić information content (AvgIpc) is 3.10. The minimum absolute atomic E-state index is 0.00453. The largest absolute Gasteiger partial charge is 0.391 e. The number of carbonyl (C=O) groups is 2. The lowest BCUT2D eigenvalue weighted by Gasteiger charge is -2.18. The summed E-state index contributed by atoms with van der Waals surface area (Å²) in [7, 11) is 0. The van der Waals surface area contributed by atoms with Gasteiger partial charge >= 0.3 is 0 Å². The van der Waals surface area contributed by atoms with Gasteiger partial charge in [-0.05, 0) is 12.1 Å². The Morgan fingerprint density at radius 1 is 1.29 bits per heavy atom. The highest BCUT2D eigenvalue weighted by atomic mass is 19.1. The lowest BCUT2D eigenvalue weighted by Crippen LogP contribution is -2.38. The van der Waals surface area contributed by atoms with Crippen LogP contribution in [0.4, 0.5) is 14.5 Å². The number of aliphatic hydroxyl groups is 1. The smallest absolute Gasteiger partial charge is 0.227 e. The zero-order valence-corrected chi connectivity index (χ0v) is 13.0. The van der Waals surface area contributed by atoms with E-state index in [-0.39, 0.29) is 36.4 Å². The molecule has 2 aliphatic heterocycles. The van der Waals surface area contributed by atoms with Crippen LogP contribution in [0, 0.1) is 23.5 Å². The molecule has 2 heterocycles. The molecule has 0 spiro atoms. The molecule has 3 N–H and O–H groups in total. The molecule has 1 aromatic carbocycles. The summed E-state index contributed by atoms with van der Waals surface area (Å²) in [5.41, 5.74) is 0.114. The molecule has 24 heavy (non-hydrogen) atoms. The van der Waals surface area contributed by atoms with Gasteiger partial charge < -0.3 is 20.6 Å². The van der Waals surface area contributed by atoms with E-state index in [1.165, 1.54) is 4.90 Å². The summed E-state index contributed by atoms with van der Waals surface area (Å²) in [6, 6.07) is 2.87. The highest BCUT2D eigenvalue weighted by Crippen LogP contribution is 2.26. The first kappa shape index (κ1) is 16.8. The molecule has 2 saturated heterocycles. The first-order valence-electron chi connectivity index (χ1n) is 7.87. The van der Waals surface area contributed by atoms with Gasteiger partial charge in [0.25, 0.3) is 0 Å². The predicted molar refractivity (Wildman–Crippen MR) is 82.2 cm³/mol. The number of nitrogens with zero attached hydrogens (tertiary/aromatic N) is 1. The van der Waals surface area contributed by atoms with Crippen LogP contribution in [-0.4, -0.2) is 49.2 Å². The highest BCUT2D eigenvalue weighted by molar-refractivity contribution is 6.00. The number of anilines is 1. The standard InChI is InChI=1S/C16H19F2N3O3/c17-11-2-12(18)4-13(3-11)21-8-9(1-15(21)23)16(24)20-6-10-5-19-7-14(10)22/h2-4,9-10,14,19,22H,1,5-8H2,(H,20,24). The lowest BCUT2D eigenvalue weighted by atomic mass is 10.0. The van der Waals surface area contributed by atoms with Gasteiger partial charge in [-0.25, -0.2) is 8.78 Å². The van der Waals surface area contributed by atoms with Gasteiger partial charge in [0.1, 0.15) is 11.6 Å². The van der Waals surface area contributed by atoms with E-state index >= 15 is 0 Å². The van der Waals surface area contributed by atoms with Crippen molar-refractivity contribution in [1.29, 1.82) is 0 Å². The van der Waals surface area contributed by atoms with Gasteiger partial charge in [-0.2, -0.15) is 0 Å². The summed E-state index contributed by atoms with van der Waals surface area (Å²) in [5, 5.41) is 15.5. The van der Waals surface area contributed by atoms with E-state index in [1.807, 2.05) is 0 Å². The number of aliphatic hydroxyl groups excluding tert-OH is 1. The summed E-state index contributed by atoms with van der Waals surface area (Å²) in [5.74, 6) is -2.80. The third-order valence-corrected chi connectivity index (χ3v) is 4.50. The topological polar surface area (TPSA) is 81.7 Å². The predicted octanol–water partition coefficient (Wildman–Crippen LogP) is 0.0142. The van der Waals surface area contributed by atoms with Crippen LogP contribution < -0.4 is 15.5 Å². The molecule has 2 aliphatic rings. The number of nitrogens with one attached hydrogen (secondary N) is 2. The molecule has 3 atom stereocenters. The van der Waals surface area contributed by atoms with Crippen LogP contribution in [-0.2, 0) is 9.59 Å². The molecule has 0 bridgehead atoms. The van der Waals surface area contributed by atoms with Crippen LogP contribution in [0.25, 0.3) is 0 Å². The van der Waals surface area contributed by atoms with E-state index in [9.17, 15) is 23.5 Å². The molecular weight excluding hydrogens is 320 g/mol. The Hall–Kier alpha value is -2.06. The van der Waals surface area contributed by atoms with Gasteiger partial charge in [-0.1, -0.05) is 0 Å². The van der Waals surface area contributed by atoms with E-state index in [0.717, 1.165) is 18.2 Å². The number of rotatable bonds is 4. The fourth-order valence-electron chi connectivity index (χ4n) is 3.13.